The molecular weight excluding hydrogens is 468 g/mol. The Morgan fingerprint density at radius 2 is 1.66 bits per heavy atom. The zero-order chi connectivity index (χ0) is 22.3. The predicted octanol–water partition coefficient (Wildman–Crippen LogP) is 6.08. The van der Waals surface area contributed by atoms with Gasteiger partial charge in [0, 0.05) is 12.1 Å². The van der Waals surface area contributed by atoms with Gasteiger partial charge in [0.05, 0.1) is 29.1 Å². The first kappa shape index (κ1) is 22.1. The van der Waals surface area contributed by atoms with Crippen molar-refractivity contribution < 1.29 is 9.47 Å². The highest BCUT2D eigenvalue weighted by Crippen LogP contribution is 2.24. The van der Waals surface area contributed by atoms with Crippen LogP contribution in [0.1, 0.15) is 19.3 Å². The maximum atomic E-state index is 13.3. The summed E-state index contributed by atoms with van der Waals surface area (Å²) in [5.74, 6) is 2.30. The van der Waals surface area contributed by atoms with Gasteiger partial charge in [0.1, 0.15) is 17.3 Å². The number of hydrogen-bond acceptors (Lipinski definition) is 4. The van der Waals surface area contributed by atoms with Gasteiger partial charge in [-0.25, -0.2) is 4.98 Å². The maximum absolute atomic E-state index is 13.3. The first-order valence-electron chi connectivity index (χ1n) is 10.7. The number of nitrogens with zero attached hydrogens (tertiary/aromatic N) is 2. The number of aromatic nitrogens is 2. The van der Waals surface area contributed by atoms with E-state index < -0.39 is 0 Å². The van der Waals surface area contributed by atoms with Gasteiger partial charge in [-0.1, -0.05) is 24.3 Å². The van der Waals surface area contributed by atoms with Crippen LogP contribution in [0.15, 0.2) is 82.1 Å². The van der Waals surface area contributed by atoms with Gasteiger partial charge < -0.3 is 9.47 Å². The molecule has 0 fully saturated rings. The fourth-order valence-corrected chi connectivity index (χ4v) is 4.03. The molecule has 0 radical (unpaired) electrons. The van der Waals surface area contributed by atoms with E-state index in [1.165, 1.54) is 0 Å². The minimum atomic E-state index is -0.00844. The summed E-state index contributed by atoms with van der Waals surface area (Å²) >= 11 is 3.50. The number of benzene rings is 3. The summed E-state index contributed by atoms with van der Waals surface area (Å²) in [6, 6.07) is 23.0. The number of unbranched alkanes of at least 4 members (excludes halogenated alkanes) is 2. The molecule has 164 valence electrons. The molecule has 0 aliphatic heterocycles. The van der Waals surface area contributed by atoms with Crippen molar-refractivity contribution in [1.29, 1.82) is 0 Å². The Labute approximate surface area is 195 Å². The number of halogens is 1. The molecule has 0 aliphatic rings. The number of methoxy groups -OCH3 is 1. The van der Waals surface area contributed by atoms with Gasteiger partial charge in [-0.05, 0) is 83.7 Å². The molecule has 5 nitrogen and oxygen atoms in total. The van der Waals surface area contributed by atoms with Crippen LogP contribution in [0.25, 0.3) is 22.3 Å². The van der Waals surface area contributed by atoms with Crippen molar-refractivity contribution in [3.63, 3.8) is 0 Å². The smallest absolute Gasteiger partial charge is 0.261 e. The molecule has 0 saturated heterocycles. The lowest BCUT2D eigenvalue weighted by Gasteiger charge is -2.14. The summed E-state index contributed by atoms with van der Waals surface area (Å²) in [6.07, 6.45) is 2.73. The van der Waals surface area contributed by atoms with Gasteiger partial charge in [-0.3, -0.25) is 9.36 Å². The molecule has 1 aromatic heterocycles. The third kappa shape index (κ3) is 5.02. The fraction of sp³-hybridized carbons (Fsp3) is 0.231. The van der Waals surface area contributed by atoms with Crippen molar-refractivity contribution in [3.05, 3.63) is 87.6 Å². The van der Waals surface area contributed by atoms with Crippen LogP contribution in [0.3, 0.4) is 0 Å². The van der Waals surface area contributed by atoms with Crippen molar-refractivity contribution in [3.8, 4) is 22.9 Å². The first-order valence-corrected chi connectivity index (χ1v) is 11.5. The minimum Gasteiger partial charge on any atom is -0.497 e. The average Bonchev–Trinajstić information content (AvgIpc) is 2.83. The second kappa shape index (κ2) is 10.5. The van der Waals surface area contributed by atoms with Gasteiger partial charge in [-0.2, -0.15) is 0 Å². The molecule has 3 aromatic carbocycles. The Hall–Kier alpha value is -3.12. The molecule has 0 amide bonds. The Balaban J connectivity index is 1.48. The average molecular weight is 493 g/mol. The Morgan fingerprint density at radius 3 is 2.44 bits per heavy atom. The van der Waals surface area contributed by atoms with E-state index in [4.69, 9.17) is 14.5 Å². The van der Waals surface area contributed by atoms with Crippen LogP contribution >= 0.6 is 15.9 Å². The second-order valence-corrected chi connectivity index (χ2v) is 8.33. The molecule has 0 aliphatic carbocycles. The maximum Gasteiger partial charge on any atom is 0.261 e. The third-order valence-corrected chi connectivity index (χ3v) is 5.99. The SMILES string of the molecule is COc1ccc(-c2nc3ccccc3c(=O)n2CCCCCOc2ccccc2Br)cc1. The van der Waals surface area contributed by atoms with Crippen molar-refractivity contribution >= 4 is 26.8 Å². The lowest BCUT2D eigenvalue weighted by Crippen LogP contribution is -2.23. The summed E-state index contributed by atoms with van der Waals surface area (Å²) in [5.41, 5.74) is 1.60. The summed E-state index contributed by atoms with van der Waals surface area (Å²) in [7, 11) is 1.64. The summed E-state index contributed by atoms with van der Waals surface area (Å²) in [5, 5.41) is 0.641. The zero-order valence-electron chi connectivity index (χ0n) is 18.0. The molecule has 0 saturated carbocycles. The molecule has 0 unspecified atom stereocenters. The van der Waals surface area contributed by atoms with E-state index in [1.807, 2.05) is 72.8 Å². The minimum absolute atomic E-state index is 0.00844. The quantitative estimate of drug-likeness (QED) is 0.265. The van der Waals surface area contributed by atoms with E-state index >= 15 is 0 Å². The van der Waals surface area contributed by atoms with Crippen LogP contribution < -0.4 is 15.0 Å². The number of hydrogen-bond donors (Lipinski definition) is 0. The van der Waals surface area contributed by atoms with Crippen molar-refractivity contribution in [2.45, 2.75) is 25.8 Å². The third-order valence-electron chi connectivity index (χ3n) is 5.33. The molecule has 0 bridgehead atoms. The van der Waals surface area contributed by atoms with Gasteiger partial charge in [0.15, 0.2) is 0 Å². The van der Waals surface area contributed by atoms with Crippen LogP contribution in [0.4, 0.5) is 0 Å². The summed E-state index contributed by atoms with van der Waals surface area (Å²) in [4.78, 5) is 18.1. The molecule has 0 spiro atoms. The van der Waals surface area contributed by atoms with Crippen LogP contribution in [0, 0.1) is 0 Å². The number of rotatable bonds is 9. The fourth-order valence-electron chi connectivity index (χ4n) is 3.63. The first-order chi connectivity index (χ1) is 15.7. The van der Waals surface area contributed by atoms with E-state index in [0.717, 1.165) is 40.8 Å². The molecule has 4 aromatic rings. The largest absolute Gasteiger partial charge is 0.497 e. The Kier molecular flexibility index (Phi) is 7.22. The molecule has 6 heteroatoms. The van der Waals surface area contributed by atoms with Gasteiger partial charge in [-0.15, -0.1) is 0 Å². The van der Waals surface area contributed by atoms with Crippen LogP contribution in [-0.2, 0) is 6.54 Å². The van der Waals surface area contributed by atoms with E-state index in [1.54, 1.807) is 11.7 Å². The van der Waals surface area contributed by atoms with Crippen molar-refractivity contribution in [1.82, 2.24) is 9.55 Å². The van der Waals surface area contributed by atoms with Crippen molar-refractivity contribution in [2.24, 2.45) is 0 Å². The van der Waals surface area contributed by atoms with Gasteiger partial charge >= 0.3 is 0 Å². The highest BCUT2D eigenvalue weighted by atomic mass is 79.9. The topological polar surface area (TPSA) is 53.3 Å². The lowest BCUT2D eigenvalue weighted by atomic mass is 10.1. The van der Waals surface area contributed by atoms with Gasteiger partial charge in [0.25, 0.3) is 5.56 Å². The normalized spacial score (nSPS) is 10.9. The summed E-state index contributed by atoms with van der Waals surface area (Å²) in [6.45, 7) is 1.24. The van der Waals surface area contributed by atoms with E-state index in [-0.39, 0.29) is 5.56 Å². The second-order valence-electron chi connectivity index (χ2n) is 7.48. The molecule has 0 atom stereocenters. The molecule has 1 heterocycles. The highest BCUT2D eigenvalue weighted by Gasteiger charge is 2.13. The van der Waals surface area contributed by atoms with Crippen LogP contribution in [0.5, 0.6) is 11.5 Å². The van der Waals surface area contributed by atoms with Crippen LogP contribution in [-0.4, -0.2) is 23.3 Å². The summed E-state index contributed by atoms with van der Waals surface area (Å²) < 4.78 is 13.9. The standard InChI is InChI=1S/C26H25BrN2O3/c1-31-20-15-13-19(14-16-20)25-28-23-11-5-3-9-21(23)26(30)29(25)17-7-2-8-18-32-24-12-6-4-10-22(24)27/h3-6,9-16H,2,7-8,17-18H2,1H3. The van der Waals surface area contributed by atoms with E-state index in [0.29, 0.717) is 29.9 Å². The highest BCUT2D eigenvalue weighted by molar-refractivity contribution is 9.10. The monoisotopic (exact) mass is 492 g/mol. The predicted molar refractivity (Wildman–Crippen MR) is 131 cm³/mol. The number of ether oxygens (including phenoxy) is 2. The number of fused-ring (bicyclic) bond motifs is 1. The molecular formula is C26H25BrN2O3. The van der Waals surface area contributed by atoms with Crippen LogP contribution in [0.2, 0.25) is 0 Å². The molecule has 4 rings (SSSR count). The lowest BCUT2D eigenvalue weighted by molar-refractivity contribution is 0.302. The Morgan fingerprint density at radius 1 is 0.906 bits per heavy atom. The van der Waals surface area contributed by atoms with E-state index in [2.05, 4.69) is 15.9 Å². The zero-order valence-corrected chi connectivity index (χ0v) is 19.5. The molecule has 32 heavy (non-hydrogen) atoms. The van der Waals surface area contributed by atoms with Gasteiger partial charge in [0.2, 0.25) is 0 Å². The van der Waals surface area contributed by atoms with E-state index in [9.17, 15) is 4.79 Å². The molecule has 0 N–H and O–H groups in total. The van der Waals surface area contributed by atoms with Crippen molar-refractivity contribution in [2.75, 3.05) is 13.7 Å². The Bertz CT molecular complexity index is 1250. The number of para-hydroxylation sites is 2.